The second-order valence-electron chi connectivity index (χ2n) is 11.4. The molecule has 0 saturated carbocycles. The first kappa shape index (κ1) is 24.3. The number of hydrogen-bond acceptors (Lipinski definition) is 5. The molecular weight excluding hydrogens is 556 g/mol. The summed E-state index contributed by atoms with van der Waals surface area (Å²) in [6.45, 7) is 0. The fourth-order valence-corrected chi connectivity index (χ4v) is 6.64. The lowest BCUT2D eigenvalue weighted by Gasteiger charge is -2.06. The Balaban J connectivity index is 1.11. The Kier molecular flexibility index (Phi) is 4.93. The van der Waals surface area contributed by atoms with Crippen molar-refractivity contribution in [1.29, 1.82) is 0 Å². The molecule has 0 radical (unpaired) electrons. The summed E-state index contributed by atoms with van der Waals surface area (Å²) in [5.74, 6) is 0. The molecule has 0 amide bonds. The van der Waals surface area contributed by atoms with Gasteiger partial charge < -0.3 is 13.3 Å². The maximum absolute atomic E-state index is 6.33. The lowest BCUT2D eigenvalue weighted by molar-refractivity contribution is 0.653. The van der Waals surface area contributed by atoms with Crippen LogP contribution in [0, 0.1) is 0 Å². The highest BCUT2D eigenvalue weighted by Gasteiger charge is 2.17. The maximum atomic E-state index is 6.33. The van der Waals surface area contributed by atoms with Crippen LogP contribution in [0.15, 0.2) is 147 Å². The van der Waals surface area contributed by atoms with E-state index in [0.29, 0.717) is 5.71 Å². The molecule has 0 unspecified atom stereocenters. The molecule has 4 aromatic heterocycles. The monoisotopic (exact) mass is 578 g/mol. The van der Waals surface area contributed by atoms with Gasteiger partial charge >= 0.3 is 0 Å². The van der Waals surface area contributed by atoms with Gasteiger partial charge in [-0.2, -0.15) is 0 Å². The molecule has 6 aromatic carbocycles. The highest BCUT2D eigenvalue weighted by Crippen LogP contribution is 2.39. The van der Waals surface area contributed by atoms with Crippen molar-refractivity contribution in [1.82, 2.24) is 9.97 Å². The van der Waals surface area contributed by atoms with Gasteiger partial charge in [0.15, 0.2) is 0 Å². The van der Waals surface area contributed by atoms with E-state index in [-0.39, 0.29) is 0 Å². The molecule has 10 rings (SSSR count). The summed E-state index contributed by atoms with van der Waals surface area (Å²) in [6, 6.07) is 43.4. The van der Waals surface area contributed by atoms with Crippen molar-refractivity contribution in [2.45, 2.75) is 0 Å². The van der Waals surface area contributed by atoms with Gasteiger partial charge in [0, 0.05) is 43.6 Å². The van der Waals surface area contributed by atoms with Gasteiger partial charge in [-0.3, -0.25) is 0 Å². The van der Waals surface area contributed by atoms with Crippen molar-refractivity contribution >= 4 is 66.1 Å². The van der Waals surface area contributed by atoms with Crippen LogP contribution in [0.5, 0.6) is 0 Å². The molecule has 5 heteroatoms. The number of nitrogens with zero attached hydrogens (tertiary/aromatic N) is 2. The Bertz CT molecular complexity index is 2780. The molecule has 0 spiro atoms. The van der Waals surface area contributed by atoms with Crippen molar-refractivity contribution in [3.8, 4) is 33.5 Å². The van der Waals surface area contributed by atoms with Gasteiger partial charge in [-0.15, -0.1) is 0 Å². The molecule has 0 atom stereocenters. The Hall–Kier alpha value is -6.20. The molecule has 4 heterocycles. The third-order valence-electron chi connectivity index (χ3n) is 8.77. The van der Waals surface area contributed by atoms with Crippen LogP contribution in [-0.2, 0) is 0 Å². The molecule has 10 aromatic rings. The van der Waals surface area contributed by atoms with E-state index >= 15 is 0 Å². The second kappa shape index (κ2) is 9.15. The predicted octanol–water partition coefficient (Wildman–Crippen LogP) is 11.2. The smallest absolute Gasteiger partial charge is 0.246 e. The van der Waals surface area contributed by atoms with Gasteiger partial charge in [0.2, 0.25) is 5.71 Å². The maximum Gasteiger partial charge on any atom is 0.246 e. The molecule has 0 N–H and O–H groups in total. The standard InChI is InChI=1S/C40H22N2O3/c1-3-16-34-28(10-1)30-14-6-12-26(38(30)43-34)23-8-5-9-25(20-23)33-22-41-40-37(42-33)32-21-24(18-19-36(32)45-40)27-13-7-15-31-29-11-2-4-17-35(29)44-39(27)31/h1-22H. The minimum Gasteiger partial charge on any atom is -0.455 e. The summed E-state index contributed by atoms with van der Waals surface area (Å²) >= 11 is 0. The molecular formula is C40H22N2O3. The van der Waals surface area contributed by atoms with Crippen LogP contribution in [0.3, 0.4) is 0 Å². The van der Waals surface area contributed by atoms with Gasteiger partial charge in [-0.25, -0.2) is 9.97 Å². The van der Waals surface area contributed by atoms with Crippen LogP contribution in [0.25, 0.3) is 99.6 Å². The van der Waals surface area contributed by atoms with E-state index in [0.717, 1.165) is 93.9 Å². The fraction of sp³-hybridized carbons (Fsp3) is 0. The van der Waals surface area contributed by atoms with Crippen molar-refractivity contribution in [2.75, 3.05) is 0 Å². The average Bonchev–Trinajstić information content (AvgIpc) is 3.79. The Morgan fingerprint density at radius 2 is 1.00 bits per heavy atom. The van der Waals surface area contributed by atoms with Crippen molar-refractivity contribution in [3.63, 3.8) is 0 Å². The molecule has 0 fully saturated rings. The van der Waals surface area contributed by atoms with E-state index in [4.69, 9.17) is 23.2 Å². The molecule has 0 bridgehead atoms. The molecule has 45 heavy (non-hydrogen) atoms. The van der Waals surface area contributed by atoms with Gasteiger partial charge in [-0.05, 0) is 41.5 Å². The lowest BCUT2D eigenvalue weighted by atomic mass is 9.99. The fourth-order valence-electron chi connectivity index (χ4n) is 6.64. The summed E-state index contributed by atoms with van der Waals surface area (Å²) in [5.41, 5.74) is 11.4. The molecule has 5 nitrogen and oxygen atoms in total. The van der Waals surface area contributed by atoms with E-state index in [1.165, 1.54) is 0 Å². The van der Waals surface area contributed by atoms with Gasteiger partial charge in [0.1, 0.15) is 33.4 Å². The first-order chi connectivity index (χ1) is 22.3. The minimum absolute atomic E-state index is 0.510. The van der Waals surface area contributed by atoms with E-state index < -0.39 is 0 Å². The van der Waals surface area contributed by atoms with Crippen LogP contribution in [-0.4, -0.2) is 9.97 Å². The number of hydrogen-bond donors (Lipinski definition) is 0. The number of para-hydroxylation sites is 4. The predicted molar refractivity (Wildman–Crippen MR) is 180 cm³/mol. The first-order valence-corrected chi connectivity index (χ1v) is 14.9. The van der Waals surface area contributed by atoms with Crippen LogP contribution < -0.4 is 0 Å². The molecule has 0 aliphatic rings. The van der Waals surface area contributed by atoms with E-state index in [9.17, 15) is 0 Å². The summed E-state index contributed by atoms with van der Waals surface area (Å²) < 4.78 is 18.8. The van der Waals surface area contributed by atoms with Crippen molar-refractivity contribution in [3.05, 3.63) is 134 Å². The van der Waals surface area contributed by atoms with E-state index in [1.54, 1.807) is 6.20 Å². The second-order valence-corrected chi connectivity index (χ2v) is 11.4. The quantitative estimate of drug-likeness (QED) is 0.209. The normalized spacial score (nSPS) is 12.0. The zero-order chi connectivity index (χ0) is 29.5. The van der Waals surface area contributed by atoms with Crippen LogP contribution in [0.4, 0.5) is 0 Å². The average molecular weight is 579 g/mol. The number of rotatable bonds is 3. The number of benzene rings is 6. The lowest BCUT2D eigenvalue weighted by Crippen LogP contribution is -1.88. The Morgan fingerprint density at radius 1 is 0.422 bits per heavy atom. The Labute approximate surface area is 256 Å². The van der Waals surface area contributed by atoms with Crippen molar-refractivity contribution < 1.29 is 13.3 Å². The summed E-state index contributed by atoms with van der Waals surface area (Å²) in [4.78, 5) is 9.79. The SMILES string of the molecule is c1cc(-c2cnc3oc4ccc(-c5cccc6c5oc5ccccc56)cc4c3n2)cc(-c2cccc3c2oc2ccccc23)c1. The van der Waals surface area contributed by atoms with Crippen LogP contribution in [0.2, 0.25) is 0 Å². The van der Waals surface area contributed by atoms with E-state index in [2.05, 4.69) is 84.9 Å². The van der Waals surface area contributed by atoms with Crippen molar-refractivity contribution in [2.24, 2.45) is 0 Å². The third-order valence-corrected chi connectivity index (χ3v) is 8.77. The highest BCUT2D eigenvalue weighted by molar-refractivity contribution is 6.11. The topological polar surface area (TPSA) is 65.2 Å². The van der Waals surface area contributed by atoms with Crippen LogP contribution >= 0.6 is 0 Å². The molecule has 0 saturated heterocycles. The number of fused-ring (bicyclic) bond motifs is 9. The summed E-state index contributed by atoms with van der Waals surface area (Å²) in [5, 5.41) is 5.34. The molecule has 0 aliphatic carbocycles. The zero-order valence-electron chi connectivity index (χ0n) is 23.8. The summed E-state index contributed by atoms with van der Waals surface area (Å²) in [7, 11) is 0. The largest absolute Gasteiger partial charge is 0.455 e. The molecule has 210 valence electrons. The van der Waals surface area contributed by atoms with Gasteiger partial charge in [0.25, 0.3) is 0 Å². The molecule has 0 aliphatic heterocycles. The first-order valence-electron chi connectivity index (χ1n) is 14.9. The van der Waals surface area contributed by atoms with Crippen LogP contribution in [0.1, 0.15) is 0 Å². The Morgan fingerprint density at radius 3 is 1.71 bits per heavy atom. The summed E-state index contributed by atoms with van der Waals surface area (Å²) in [6.07, 6.45) is 1.78. The highest BCUT2D eigenvalue weighted by atomic mass is 16.3. The minimum atomic E-state index is 0.510. The van der Waals surface area contributed by atoms with Gasteiger partial charge in [-0.1, -0.05) is 97.1 Å². The number of aromatic nitrogens is 2. The number of furan rings is 3. The zero-order valence-corrected chi connectivity index (χ0v) is 23.8. The van der Waals surface area contributed by atoms with E-state index in [1.807, 2.05) is 42.5 Å². The third kappa shape index (κ3) is 3.61. The van der Waals surface area contributed by atoms with Gasteiger partial charge in [0.05, 0.1) is 11.9 Å².